The molecule has 0 unspecified atom stereocenters. The molecule has 0 saturated carbocycles. The van der Waals surface area contributed by atoms with Crippen molar-refractivity contribution in [3.05, 3.63) is 42.2 Å². The molecule has 20 heavy (non-hydrogen) atoms. The molecule has 1 amide bonds. The van der Waals surface area contributed by atoms with Crippen molar-refractivity contribution in [2.24, 2.45) is 0 Å². The molecule has 104 valence electrons. The SMILES string of the molecule is O=C(CCn1cccn1)Nc1ccc(O)c(C(=O)O)c1. The molecule has 1 aromatic carbocycles. The van der Waals surface area contributed by atoms with E-state index in [4.69, 9.17) is 5.11 Å². The second-order valence-electron chi connectivity index (χ2n) is 4.10. The van der Waals surface area contributed by atoms with Gasteiger partial charge in [-0.2, -0.15) is 5.10 Å². The van der Waals surface area contributed by atoms with Crippen LogP contribution in [0.15, 0.2) is 36.7 Å². The number of carbonyl (C=O) groups excluding carboxylic acids is 1. The molecule has 0 radical (unpaired) electrons. The van der Waals surface area contributed by atoms with Gasteiger partial charge in [-0.3, -0.25) is 9.48 Å². The van der Waals surface area contributed by atoms with E-state index >= 15 is 0 Å². The van der Waals surface area contributed by atoms with Gasteiger partial charge in [0.25, 0.3) is 0 Å². The average Bonchev–Trinajstić information content (AvgIpc) is 2.91. The molecule has 2 rings (SSSR count). The van der Waals surface area contributed by atoms with Crippen molar-refractivity contribution in [1.29, 1.82) is 0 Å². The largest absolute Gasteiger partial charge is 0.507 e. The Morgan fingerprint density at radius 2 is 2.15 bits per heavy atom. The number of hydrogen-bond acceptors (Lipinski definition) is 4. The number of nitrogens with zero attached hydrogens (tertiary/aromatic N) is 2. The molecule has 3 N–H and O–H groups in total. The van der Waals surface area contributed by atoms with Gasteiger partial charge in [-0.15, -0.1) is 0 Å². The number of carboxylic acids is 1. The standard InChI is InChI=1S/C13H13N3O4/c17-11-3-2-9(8-10(11)13(19)20)15-12(18)4-7-16-6-1-5-14-16/h1-3,5-6,8,17H,4,7H2,(H,15,18)(H,19,20). The van der Waals surface area contributed by atoms with E-state index < -0.39 is 5.97 Å². The molecule has 0 aliphatic carbocycles. The van der Waals surface area contributed by atoms with Crippen LogP contribution in [0, 0.1) is 0 Å². The minimum atomic E-state index is -1.25. The van der Waals surface area contributed by atoms with Crippen LogP contribution in [0.25, 0.3) is 0 Å². The number of amides is 1. The number of aromatic hydroxyl groups is 1. The number of phenols is 1. The maximum atomic E-state index is 11.7. The van der Waals surface area contributed by atoms with Crippen molar-refractivity contribution in [3.63, 3.8) is 0 Å². The number of aryl methyl sites for hydroxylation is 1. The molecule has 0 saturated heterocycles. The first-order valence-electron chi connectivity index (χ1n) is 5.90. The van der Waals surface area contributed by atoms with Crippen molar-refractivity contribution in [2.75, 3.05) is 5.32 Å². The summed E-state index contributed by atoms with van der Waals surface area (Å²) >= 11 is 0. The number of carbonyl (C=O) groups is 2. The van der Waals surface area contributed by atoms with E-state index in [9.17, 15) is 14.7 Å². The quantitative estimate of drug-likeness (QED) is 0.714. The summed E-state index contributed by atoms with van der Waals surface area (Å²) in [7, 11) is 0. The molecule has 2 aromatic rings. The number of benzene rings is 1. The Morgan fingerprint density at radius 1 is 1.35 bits per heavy atom. The molecular weight excluding hydrogens is 262 g/mol. The highest BCUT2D eigenvalue weighted by atomic mass is 16.4. The smallest absolute Gasteiger partial charge is 0.339 e. The molecule has 1 aromatic heterocycles. The zero-order valence-corrected chi connectivity index (χ0v) is 10.5. The van der Waals surface area contributed by atoms with Crippen molar-refractivity contribution in [1.82, 2.24) is 9.78 Å². The van der Waals surface area contributed by atoms with Crippen LogP contribution in [0.4, 0.5) is 5.69 Å². The number of carboxylic acid groups (broad SMARTS) is 1. The Hall–Kier alpha value is -2.83. The summed E-state index contributed by atoms with van der Waals surface area (Å²) in [6.45, 7) is 0.433. The van der Waals surface area contributed by atoms with Gasteiger partial charge in [-0.1, -0.05) is 0 Å². The third-order valence-corrected chi connectivity index (χ3v) is 2.64. The first-order chi connectivity index (χ1) is 9.56. The number of aromatic nitrogens is 2. The third kappa shape index (κ3) is 3.35. The Balaban J connectivity index is 1.97. The zero-order valence-electron chi connectivity index (χ0n) is 10.5. The summed E-state index contributed by atoms with van der Waals surface area (Å²) in [5.41, 5.74) is 0.0699. The number of hydrogen-bond donors (Lipinski definition) is 3. The lowest BCUT2D eigenvalue weighted by atomic mass is 10.1. The number of nitrogens with one attached hydrogen (secondary N) is 1. The van der Waals surface area contributed by atoms with Gasteiger partial charge >= 0.3 is 5.97 Å². The molecule has 7 heteroatoms. The molecule has 1 heterocycles. The number of anilines is 1. The highest BCUT2D eigenvalue weighted by Gasteiger charge is 2.11. The molecular formula is C13H13N3O4. The van der Waals surface area contributed by atoms with Crippen LogP contribution >= 0.6 is 0 Å². The maximum Gasteiger partial charge on any atom is 0.339 e. The van der Waals surface area contributed by atoms with E-state index in [0.717, 1.165) is 0 Å². The van der Waals surface area contributed by atoms with Gasteiger partial charge < -0.3 is 15.5 Å². The van der Waals surface area contributed by atoms with Crippen LogP contribution in [0.1, 0.15) is 16.8 Å². The first kappa shape index (κ1) is 13.6. The summed E-state index contributed by atoms with van der Waals surface area (Å²) in [6.07, 6.45) is 3.58. The third-order valence-electron chi connectivity index (χ3n) is 2.64. The van der Waals surface area contributed by atoms with Crippen LogP contribution in [0.3, 0.4) is 0 Å². The van der Waals surface area contributed by atoms with E-state index in [1.807, 2.05) is 0 Å². The second kappa shape index (κ2) is 5.87. The lowest BCUT2D eigenvalue weighted by Gasteiger charge is -2.07. The van der Waals surface area contributed by atoms with Crippen LogP contribution in [-0.4, -0.2) is 31.9 Å². The summed E-state index contributed by atoms with van der Waals surface area (Å²) < 4.78 is 1.62. The van der Waals surface area contributed by atoms with Gasteiger partial charge in [0.05, 0.1) is 0 Å². The highest BCUT2D eigenvalue weighted by molar-refractivity contribution is 5.95. The van der Waals surface area contributed by atoms with Crippen molar-refractivity contribution >= 4 is 17.6 Å². The molecule has 0 spiro atoms. The molecule has 0 aliphatic rings. The first-order valence-corrected chi connectivity index (χ1v) is 5.90. The molecule has 0 fully saturated rings. The topological polar surface area (TPSA) is 104 Å². The van der Waals surface area contributed by atoms with Crippen molar-refractivity contribution < 1.29 is 19.8 Å². The van der Waals surface area contributed by atoms with Gasteiger partial charge in [0, 0.05) is 31.0 Å². The normalized spacial score (nSPS) is 10.2. The van der Waals surface area contributed by atoms with Crippen LogP contribution in [0.5, 0.6) is 5.75 Å². The monoisotopic (exact) mass is 275 g/mol. The Labute approximate surface area is 114 Å². The van der Waals surface area contributed by atoms with E-state index in [-0.39, 0.29) is 23.6 Å². The Morgan fingerprint density at radius 3 is 2.80 bits per heavy atom. The minimum Gasteiger partial charge on any atom is -0.507 e. The van der Waals surface area contributed by atoms with Crippen LogP contribution in [0.2, 0.25) is 0 Å². The summed E-state index contributed by atoms with van der Waals surface area (Å²) in [6, 6.07) is 5.64. The molecule has 7 nitrogen and oxygen atoms in total. The van der Waals surface area contributed by atoms with Crippen molar-refractivity contribution in [2.45, 2.75) is 13.0 Å². The summed E-state index contributed by atoms with van der Waals surface area (Å²) in [4.78, 5) is 22.6. The second-order valence-corrected chi connectivity index (χ2v) is 4.10. The lowest BCUT2D eigenvalue weighted by Crippen LogP contribution is -2.15. The van der Waals surface area contributed by atoms with E-state index in [0.29, 0.717) is 12.2 Å². The predicted octanol–water partition coefficient (Wildman–Crippen LogP) is 1.32. The van der Waals surface area contributed by atoms with Crippen LogP contribution < -0.4 is 5.32 Å². The fourth-order valence-corrected chi connectivity index (χ4v) is 1.66. The number of rotatable bonds is 5. The van der Waals surface area contributed by atoms with Gasteiger partial charge in [-0.05, 0) is 24.3 Å². The maximum absolute atomic E-state index is 11.7. The van der Waals surface area contributed by atoms with E-state index in [1.54, 1.807) is 23.1 Å². The summed E-state index contributed by atoms with van der Waals surface area (Å²) in [5.74, 6) is -1.86. The Kier molecular flexibility index (Phi) is 3.99. The van der Waals surface area contributed by atoms with E-state index in [2.05, 4.69) is 10.4 Å². The zero-order chi connectivity index (χ0) is 14.5. The fourth-order valence-electron chi connectivity index (χ4n) is 1.66. The van der Waals surface area contributed by atoms with Crippen molar-refractivity contribution in [3.8, 4) is 5.75 Å². The highest BCUT2D eigenvalue weighted by Crippen LogP contribution is 2.21. The van der Waals surface area contributed by atoms with Gasteiger partial charge in [0.1, 0.15) is 11.3 Å². The summed E-state index contributed by atoms with van der Waals surface area (Å²) in [5, 5.41) is 24.8. The van der Waals surface area contributed by atoms with Crippen LogP contribution in [-0.2, 0) is 11.3 Å². The number of aromatic carboxylic acids is 1. The average molecular weight is 275 g/mol. The molecule has 0 bridgehead atoms. The van der Waals surface area contributed by atoms with E-state index in [1.165, 1.54) is 18.2 Å². The lowest BCUT2D eigenvalue weighted by molar-refractivity contribution is -0.116. The molecule has 0 atom stereocenters. The Bertz CT molecular complexity index is 623. The van der Waals surface area contributed by atoms with Gasteiger partial charge in [0.2, 0.25) is 5.91 Å². The van der Waals surface area contributed by atoms with Gasteiger partial charge in [-0.25, -0.2) is 4.79 Å². The van der Waals surface area contributed by atoms with Gasteiger partial charge in [0.15, 0.2) is 0 Å². The molecule has 0 aliphatic heterocycles. The fraction of sp³-hybridized carbons (Fsp3) is 0.154. The predicted molar refractivity (Wildman–Crippen MR) is 70.5 cm³/mol. The minimum absolute atomic E-state index is 0.213.